The van der Waals surface area contributed by atoms with Crippen LogP contribution in [-0.2, 0) is 16.0 Å². The van der Waals surface area contributed by atoms with Gasteiger partial charge in [-0.2, -0.15) is 0 Å². The number of ether oxygens (including phenoxy) is 1. The smallest absolute Gasteiger partial charge is 0.269 e. The van der Waals surface area contributed by atoms with Gasteiger partial charge in [0, 0.05) is 18.6 Å². The topological polar surface area (TPSA) is 176 Å². The van der Waals surface area contributed by atoms with E-state index in [0.717, 1.165) is 0 Å². The van der Waals surface area contributed by atoms with Gasteiger partial charge in [0.2, 0.25) is 5.79 Å². The highest BCUT2D eigenvalue weighted by atomic mass is 16.7. The number of ketones is 1. The normalized spacial score (nSPS) is 33.2. The van der Waals surface area contributed by atoms with E-state index in [2.05, 4.69) is 0 Å². The maximum absolute atomic E-state index is 12.4. The van der Waals surface area contributed by atoms with Crippen molar-refractivity contribution < 1.29 is 34.9 Å². The first-order valence-corrected chi connectivity index (χ1v) is 7.10. The molecule has 5 atom stereocenters. The van der Waals surface area contributed by atoms with Crippen LogP contribution in [0, 0.1) is 10.1 Å². The van der Waals surface area contributed by atoms with Crippen LogP contribution < -0.4 is 5.73 Å². The zero-order chi connectivity index (χ0) is 18.1. The Labute approximate surface area is 136 Å². The van der Waals surface area contributed by atoms with Gasteiger partial charge in [-0.25, -0.2) is 0 Å². The van der Waals surface area contributed by atoms with Gasteiger partial charge in [0.05, 0.1) is 17.6 Å². The van der Waals surface area contributed by atoms with Gasteiger partial charge in [-0.05, 0) is 5.56 Å². The van der Waals surface area contributed by atoms with E-state index in [0.29, 0.717) is 5.56 Å². The number of hydrogen-bond donors (Lipinski definition) is 5. The molecule has 0 spiro atoms. The molecule has 1 saturated heterocycles. The lowest BCUT2D eigenvalue weighted by molar-refractivity contribution is -0.384. The number of carbonyl (C=O) groups excluding carboxylic acids is 1. The van der Waals surface area contributed by atoms with E-state index in [1.807, 2.05) is 0 Å². The number of rotatable bonds is 5. The van der Waals surface area contributed by atoms with Crippen molar-refractivity contribution in [1.29, 1.82) is 0 Å². The van der Waals surface area contributed by atoms with E-state index in [-0.39, 0.29) is 12.1 Å². The molecule has 24 heavy (non-hydrogen) atoms. The minimum atomic E-state index is -2.60. The molecule has 1 unspecified atom stereocenters. The molecule has 1 heterocycles. The summed E-state index contributed by atoms with van der Waals surface area (Å²) in [5.41, 5.74) is 5.81. The summed E-state index contributed by atoms with van der Waals surface area (Å²) in [5.74, 6) is -3.51. The van der Waals surface area contributed by atoms with Gasteiger partial charge in [-0.3, -0.25) is 14.9 Å². The van der Waals surface area contributed by atoms with Crippen molar-refractivity contribution in [3.05, 3.63) is 39.9 Å². The zero-order valence-electron chi connectivity index (χ0n) is 12.5. The SMILES string of the molecule is N[C@@H]1[C@@H](O)[C@H](O)[C@@H](CO)OC1(O)C(=O)Cc1ccc([N+](=O)[O-])cc1. The average molecular weight is 342 g/mol. The van der Waals surface area contributed by atoms with Crippen LogP contribution in [0.5, 0.6) is 0 Å². The molecule has 1 fully saturated rings. The van der Waals surface area contributed by atoms with Crippen molar-refractivity contribution in [2.24, 2.45) is 5.73 Å². The number of benzene rings is 1. The summed E-state index contributed by atoms with van der Waals surface area (Å²) < 4.78 is 5.03. The quantitative estimate of drug-likeness (QED) is 0.294. The van der Waals surface area contributed by atoms with Crippen molar-refractivity contribution in [1.82, 2.24) is 0 Å². The van der Waals surface area contributed by atoms with Crippen LogP contribution in [0.1, 0.15) is 5.56 Å². The van der Waals surface area contributed by atoms with E-state index in [1.54, 1.807) is 0 Å². The maximum atomic E-state index is 12.4. The minimum Gasteiger partial charge on any atom is -0.394 e. The summed E-state index contributed by atoms with van der Waals surface area (Å²) in [7, 11) is 0. The van der Waals surface area contributed by atoms with Crippen molar-refractivity contribution in [2.75, 3.05) is 6.61 Å². The fraction of sp³-hybridized carbons (Fsp3) is 0.500. The molecule has 132 valence electrons. The van der Waals surface area contributed by atoms with Crippen LogP contribution >= 0.6 is 0 Å². The van der Waals surface area contributed by atoms with Gasteiger partial charge in [-0.1, -0.05) is 12.1 Å². The molecule has 0 bridgehead atoms. The summed E-state index contributed by atoms with van der Waals surface area (Å²) in [6, 6.07) is 3.44. The predicted octanol–water partition coefficient (Wildman–Crippen LogP) is -2.16. The van der Waals surface area contributed by atoms with Gasteiger partial charge < -0.3 is 30.9 Å². The molecule has 0 amide bonds. The van der Waals surface area contributed by atoms with Gasteiger partial charge in [0.15, 0.2) is 5.78 Å². The summed E-state index contributed by atoms with van der Waals surface area (Å²) in [5, 5.41) is 49.7. The average Bonchev–Trinajstić information content (AvgIpc) is 2.56. The standard InChI is InChI=1S/C14H18N2O8/c15-13-12(20)11(19)9(6-17)24-14(13,21)10(18)5-7-1-3-8(4-2-7)16(22)23/h1-4,9,11-13,17,19-21H,5-6,15H2/t9-,11-,12+,13-,14?/m1/s1. The Morgan fingerprint density at radius 3 is 2.38 bits per heavy atom. The Morgan fingerprint density at radius 1 is 1.29 bits per heavy atom. The Bertz CT molecular complexity index is 620. The largest absolute Gasteiger partial charge is 0.394 e. The fourth-order valence-electron chi connectivity index (χ4n) is 2.49. The highest BCUT2D eigenvalue weighted by Crippen LogP contribution is 2.29. The molecular formula is C14H18N2O8. The van der Waals surface area contributed by atoms with Crippen molar-refractivity contribution in [3.8, 4) is 0 Å². The number of aliphatic hydroxyl groups excluding tert-OH is 3. The summed E-state index contributed by atoms with van der Waals surface area (Å²) in [6.07, 6.45) is -4.99. The van der Waals surface area contributed by atoms with E-state index in [1.165, 1.54) is 24.3 Å². The van der Waals surface area contributed by atoms with E-state index >= 15 is 0 Å². The third-order valence-corrected chi connectivity index (χ3v) is 3.97. The third kappa shape index (κ3) is 3.29. The molecule has 6 N–H and O–H groups in total. The first-order valence-electron chi connectivity index (χ1n) is 7.10. The number of carbonyl (C=O) groups is 1. The van der Waals surface area contributed by atoms with Gasteiger partial charge >= 0.3 is 0 Å². The number of hydrogen-bond acceptors (Lipinski definition) is 9. The molecule has 1 aromatic carbocycles. The van der Waals surface area contributed by atoms with Crippen LogP contribution in [-0.4, -0.2) is 67.9 Å². The molecule has 1 aliphatic heterocycles. The van der Waals surface area contributed by atoms with Crippen LogP contribution in [0.2, 0.25) is 0 Å². The second kappa shape index (κ2) is 6.89. The number of non-ortho nitro benzene ring substituents is 1. The molecule has 2 rings (SSSR count). The van der Waals surface area contributed by atoms with Crippen molar-refractivity contribution >= 4 is 11.5 Å². The number of nitrogens with two attached hydrogens (primary N) is 1. The van der Waals surface area contributed by atoms with Gasteiger partial charge in [0.25, 0.3) is 5.69 Å². The molecule has 10 nitrogen and oxygen atoms in total. The second-order valence-corrected chi connectivity index (χ2v) is 5.57. The monoisotopic (exact) mass is 342 g/mol. The lowest BCUT2D eigenvalue weighted by Crippen LogP contribution is -2.71. The van der Waals surface area contributed by atoms with Gasteiger partial charge in [-0.15, -0.1) is 0 Å². The summed E-state index contributed by atoms with van der Waals surface area (Å²) >= 11 is 0. The molecule has 0 saturated carbocycles. The zero-order valence-corrected chi connectivity index (χ0v) is 12.5. The Hall–Kier alpha value is -1.95. The van der Waals surface area contributed by atoms with Crippen LogP contribution in [0.15, 0.2) is 24.3 Å². The highest BCUT2D eigenvalue weighted by molar-refractivity contribution is 5.88. The highest BCUT2D eigenvalue weighted by Gasteiger charge is 2.55. The molecular weight excluding hydrogens is 324 g/mol. The Morgan fingerprint density at radius 2 is 1.88 bits per heavy atom. The third-order valence-electron chi connectivity index (χ3n) is 3.97. The molecule has 1 aliphatic rings. The minimum absolute atomic E-state index is 0.158. The summed E-state index contributed by atoms with van der Waals surface area (Å²) in [4.78, 5) is 22.4. The van der Waals surface area contributed by atoms with Crippen molar-refractivity contribution in [3.63, 3.8) is 0 Å². The fourth-order valence-corrected chi connectivity index (χ4v) is 2.49. The molecule has 0 aliphatic carbocycles. The van der Waals surface area contributed by atoms with Gasteiger partial charge in [0.1, 0.15) is 18.3 Å². The van der Waals surface area contributed by atoms with Crippen LogP contribution in [0.3, 0.4) is 0 Å². The molecule has 0 radical (unpaired) electrons. The predicted molar refractivity (Wildman–Crippen MR) is 78.7 cm³/mol. The van der Waals surface area contributed by atoms with Crippen LogP contribution in [0.4, 0.5) is 5.69 Å². The molecule has 10 heteroatoms. The van der Waals surface area contributed by atoms with E-state index in [9.17, 15) is 30.2 Å². The number of nitro groups is 1. The second-order valence-electron chi connectivity index (χ2n) is 5.57. The van der Waals surface area contributed by atoms with Crippen molar-refractivity contribution in [2.45, 2.75) is 36.6 Å². The lowest BCUT2D eigenvalue weighted by atomic mass is 9.86. The van der Waals surface area contributed by atoms with E-state index in [4.69, 9.17) is 15.6 Å². The summed E-state index contributed by atoms with van der Waals surface area (Å²) in [6.45, 7) is -0.738. The first kappa shape index (κ1) is 18.4. The Kier molecular flexibility index (Phi) is 5.28. The number of aliphatic hydroxyl groups is 4. The first-order chi connectivity index (χ1) is 11.2. The molecule has 1 aromatic rings. The number of Topliss-reactive ketones (excluding diaryl/α,β-unsaturated/α-hetero) is 1. The molecule has 0 aromatic heterocycles. The number of nitro benzene ring substituents is 1. The Balaban J connectivity index is 2.18. The van der Waals surface area contributed by atoms with Crippen LogP contribution in [0.25, 0.3) is 0 Å². The van der Waals surface area contributed by atoms with E-state index < -0.39 is 47.5 Å². The number of nitrogens with zero attached hydrogens (tertiary/aromatic N) is 1. The maximum Gasteiger partial charge on any atom is 0.269 e. The lowest BCUT2D eigenvalue weighted by Gasteiger charge is -2.45.